The number of benzene rings is 1. The maximum atomic E-state index is 12.6. The molecular formula is C15H24N2O3S. The normalized spacial score (nSPS) is 13.0. The number of aryl methyl sites for hydroxylation is 1. The highest BCUT2D eigenvalue weighted by molar-refractivity contribution is 7.91. The molecule has 1 aromatic rings. The van der Waals surface area contributed by atoms with Crippen molar-refractivity contribution in [2.75, 3.05) is 23.8 Å². The van der Waals surface area contributed by atoms with E-state index in [0.29, 0.717) is 17.8 Å². The highest BCUT2D eigenvalue weighted by Crippen LogP contribution is 2.17. The molecule has 0 fully saturated rings. The van der Waals surface area contributed by atoms with Crippen LogP contribution < -0.4 is 5.73 Å². The van der Waals surface area contributed by atoms with E-state index in [0.717, 1.165) is 5.56 Å². The molecule has 1 rings (SSSR count). The molecule has 118 valence electrons. The summed E-state index contributed by atoms with van der Waals surface area (Å²) in [6.45, 7) is 7.51. The van der Waals surface area contributed by atoms with Crippen LogP contribution in [0.25, 0.3) is 0 Å². The van der Waals surface area contributed by atoms with Gasteiger partial charge in [0.15, 0.2) is 9.84 Å². The second-order valence-corrected chi connectivity index (χ2v) is 7.61. The van der Waals surface area contributed by atoms with Crippen LogP contribution in [0.2, 0.25) is 0 Å². The lowest BCUT2D eigenvalue weighted by atomic mass is 10.1. The number of nitrogen functional groups attached to an aromatic ring is 1. The Morgan fingerprint density at radius 2 is 1.95 bits per heavy atom. The van der Waals surface area contributed by atoms with Gasteiger partial charge in [0.25, 0.3) is 5.91 Å². The van der Waals surface area contributed by atoms with Crippen molar-refractivity contribution in [2.24, 2.45) is 0 Å². The summed E-state index contributed by atoms with van der Waals surface area (Å²) in [6, 6.07) is 4.81. The Kier molecular flexibility index (Phi) is 5.78. The van der Waals surface area contributed by atoms with E-state index in [1.165, 1.54) is 0 Å². The van der Waals surface area contributed by atoms with Crippen LogP contribution in [0.5, 0.6) is 0 Å². The lowest BCUT2D eigenvalue weighted by Crippen LogP contribution is -2.42. The molecule has 0 aliphatic carbocycles. The standard InChI is InChI=1S/C15H24N2O3S/c1-5-17(12(4)10-21(19,20)6-2)15(18)14-9-13(16)8-7-11(14)3/h7-9,12H,5-6,10,16H2,1-4H3. The lowest BCUT2D eigenvalue weighted by molar-refractivity contribution is 0.0718. The van der Waals surface area contributed by atoms with Gasteiger partial charge in [-0.25, -0.2) is 8.42 Å². The van der Waals surface area contributed by atoms with Crippen molar-refractivity contribution in [3.63, 3.8) is 0 Å². The predicted octanol–water partition coefficient (Wildman–Crippen LogP) is 1.86. The first-order chi connectivity index (χ1) is 9.71. The Labute approximate surface area is 127 Å². The van der Waals surface area contributed by atoms with Crippen LogP contribution in [0.4, 0.5) is 5.69 Å². The Balaban J connectivity index is 3.04. The first kappa shape index (κ1) is 17.5. The Morgan fingerprint density at radius 1 is 1.33 bits per heavy atom. The SMILES string of the molecule is CCN(C(=O)c1cc(N)ccc1C)C(C)CS(=O)(=O)CC. The third-order valence-corrected chi connectivity index (χ3v) is 5.43. The van der Waals surface area contributed by atoms with Crippen molar-refractivity contribution >= 4 is 21.4 Å². The highest BCUT2D eigenvalue weighted by atomic mass is 32.2. The second-order valence-electron chi connectivity index (χ2n) is 5.21. The van der Waals surface area contributed by atoms with Crippen LogP contribution in [0, 0.1) is 6.92 Å². The van der Waals surface area contributed by atoms with Crippen molar-refractivity contribution in [1.29, 1.82) is 0 Å². The van der Waals surface area contributed by atoms with Gasteiger partial charge in [-0.05, 0) is 38.5 Å². The van der Waals surface area contributed by atoms with E-state index < -0.39 is 9.84 Å². The number of carbonyl (C=O) groups is 1. The number of rotatable bonds is 6. The number of sulfone groups is 1. The van der Waals surface area contributed by atoms with Crippen LogP contribution in [-0.4, -0.2) is 43.3 Å². The lowest BCUT2D eigenvalue weighted by Gasteiger charge is -2.28. The first-order valence-electron chi connectivity index (χ1n) is 7.09. The zero-order valence-corrected chi connectivity index (χ0v) is 13.9. The van der Waals surface area contributed by atoms with Crippen LogP contribution in [0.1, 0.15) is 36.7 Å². The smallest absolute Gasteiger partial charge is 0.254 e. The molecule has 6 heteroatoms. The minimum absolute atomic E-state index is 0.0234. The van der Waals surface area contributed by atoms with Gasteiger partial charge in [0.05, 0.1) is 5.75 Å². The fraction of sp³-hybridized carbons (Fsp3) is 0.533. The predicted molar refractivity (Wildman–Crippen MR) is 86.1 cm³/mol. The van der Waals surface area contributed by atoms with Crippen molar-refractivity contribution in [2.45, 2.75) is 33.7 Å². The fourth-order valence-corrected chi connectivity index (χ4v) is 3.41. The third kappa shape index (κ3) is 4.46. The van der Waals surface area contributed by atoms with Gasteiger partial charge >= 0.3 is 0 Å². The van der Waals surface area contributed by atoms with E-state index in [2.05, 4.69) is 0 Å². The Bertz CT molecular complexity index is 611. The summed E-state index contributed by atoms with van der Waals surface area (Å²) in [4.78, 5) is 14.2. The van der Waals surface area contributed by atoms with Gasteiger partial charge < -0.3 is 10.6 Å². The molecule has 1 unspecified atom stereocenters. The molecule has 2 N–H and O–H groups in total. The number of carbonyl (C=O) groups excluding carboxylic acids is 1. The third-order valence-electron chi connectivity index (χ3n) is 3.56. The molecule has 0 aliphatic heterocycles. The maximum absolute atomic E-state index is 12.6. The van der Waals surface area contributed by atoms with Gasteiger partial charge in [-0.2, -0.15) is 0 Å². The van der Waals surface area contributed by atoms with Gasteiger partial charge in [-0.1, -0.05) is 13.0 Å². The number of amides is 1. The average molecular weight is 312 g/mol. The molecule has 0 aromatic heterocycles. The number of hydrogen-bond acceptors (Lipinski definition) is 4. The van der Waals surface area contributed by atoms with Crippen LogP contribution in [-0.2, 0) is 9.84 Å². The molecule has 5 nitrogen and oxygen atoms in total. The van der Waals surface area contributed by atoms with Crippen molar-refractivity contribution in [1.82, 2.24) is 4.90 Å². The van der Waals surface area contributed by atoms with Gasteiger partial charge in [-0.3, -0.25) is 4.79 Å². The zero-order chi connectivity index (χ0) is 16.2. The van der Waals surface area contributed by atoms with Crippen LogP contribution >= 0.6 is 0 Å². The Hall–Kier alpha value is -1.56. The summed E-state index contributed by atoms with van der Waals surface area (Å²) in [5.74, 6) is -0.119. The van der Waals surface area contributed by atoms with Gasteiger partial charge in [0, 0.05) is 29.6 Å². The molecule has 1 amide bonds. The summed E-state index contributed by atoms with van der Waals surface area (Å²) >= 11 is 0. The number of nitrogens with zero attached hydrogens (tertiary/aromatic N) is 1. The summed E-state index contributed by atoms with van der Waals surface area (Å²) < 4.78 is 23.5. The van der Waals surface area contributed by atoms with Gasteiger partial charge in [-0.15, -0.1) is 0 Å². The molecule has 0 radical (unpaired) electrons. The molecule has 1 atom stereocenters. The van der Waals surface area contributed by atoms with E-state index in [4.69, 9.17) is 5.73 Å². The molecule has 1 aromatic carbocycles. The van der Waals surface area contributed by atoms with E-state index >= 15 is 0 Å². The van der Waals surface area contributed by atoms with Gasteiger partial charge in [0.1, 0.15) is 0 Å². The number of anilines is 1. The monoisotopic (exact) mass is 312 g/mol. The van der Waals surface area contributed by atoms with Crippen molar-refractivity contribution < 1.29 is 13.2 Å². The zero-order valence-electron chi connectivity index (χ0n) is 13.1. The largest absolute Gasteiger partial charge is 0.399 e. The molecule has 0 saturated heterocycles. The summed E-state index contributed by atoms with van der Waals surface area (Å²) in [5, 5.41) is 0. The summed E-state index contributed by atoms with van der Waals surface area (Å²) in [6.07, 6.45) is 0. The maximum Gasteiger partial charge on any atom is 0.254 e. The molecule has 21 heavy (non-hydrogen) atoms. The minimum atomic E-state index is -3.13. The fourth-order valence-electron chi connectivity index (χ4n) is 2.26. The first-order valence-corrected chi connectivity index (χ1v) is 8.91. The molecule has 0 spiro atoms. The molecule has 0 heterocycles. The van der Waals surface area contributed by atoms with Crippen molar-refractivity contribution in [3.8, 4) is 0 Å². The second kappa shape index (κ2) is 6.93. The van der Waals surface area contributed by atoms with E-state index in [1.54, 1.807) is 36.9 Å². The molecular weight excluding hydrogens is 288 g/mol. The van der Waals surface area contributed by atoms with E-state index in [9.17, 15) is 13.2 Å². The number of nitrogens with two attached hydrogens (primary N) is 1. The van der Waals surface area contributed by atoms with E-state index in [-0.39, 0.29) is 23.5 Å². The average Bonchev–Trinajstić information content (AvgIpc) is 2.41. The minimum Gasteiger partial charge on any atom is -0.399 e. The topological polar surface area (TPSA) is 80.5 Å². The molecule has 0 saturated carbocycles. The van der Waals surface area contributed by atoms with Crippen LogP contribution in [0.15, 0.2) is 18.2 Å². The number of hydrogen-bond donors (Lipinski definition) is 1. The van der Waals surface area contributed by atoms with Crippen LogP contribution in [0.3, 0.4) is 0 Å². The Morgan fingerprint density at radius 3 is 2.48 bits per heavy atom. The van der Waals surface area contributed by atoms with Crippen molar-refractivity contribution in [3.05, 3.63) is 29.3 Å². The highest BCUT2D eigenvalue weighted by Gasteiger charge is 2.25. The molecule has 0 bridgehead atoms. The molecule has 0 aliphatic rings. The summed E-state index contributed by atoms with van der Waals surface area (Å²) in [5.41, 5.74) is 7.62. The van der Waals surface area contributed by atoms with Gasteiger partial charge in [0.2, 0.25) is 0 Å². The van der Waals surface area contributed by atoms with E-state index in [1.807, 2.05) is 13.8 Å². The quantitative estimate of drug-likeness (QED) is 0.813. The summed E-state index contributed by atoms with van der Waals surface area (Å²) in [7, 11) is -3.13.